The smallest absolute Gasteiger partial charge is 0.378 e. The van der Waals surface area contributed by atoms with Gasteiger partial charge in [-0.3, -0.25) is 0 Å². The van der Waals surface area contributed by atoms with Gasteiger partial charge in [0, 0.05) is 45.4 Å². The summed E-state index contributed by atoms with van der Waals surface area (Å²) >= 11 is 0. The van der Waals surface area contributed by atoms with Gasteiger partial charge >= 0.3 is 6.11 Å². The summed E-state index contributed by atoms with van der Waals surface area (Å²) in [5.41, 5.74) is -0.278. The third-order valence-corrected chi connectivity index (χ3v) is 1.46. The second kappa shape index (κ2) is 74.1. The predicted octanol–water partition coefficient (Wildman–Crippen LogP) is 10.5. The number of ether oxygens (including phenoxy) is 1. The summed E-state index contributed by atoms with van der Waals surface area (Å²) in [6.07, 6.45) is 0.924. The molecule has 0 aliphatic rings. The van der Waals surface area contributed by atoms with E-state index in [1.54, 1.807) is 7.18 Å². The first-order chi connectivity index (χ1) is 6.92. The van der Waals surface area contributed by atoms with E-state index in [1.165, 1.54) is 26.2 Å². The van der Waals surface area contributed by atoms with Crippen LogP contribution in [0.1, 0.15) is 107 Å². The molecule has 0 aliphatic heterocycles. The fourth-order valence-electron chi connectivity index (χ4n) is 0.528. The van der Waals surface area contributed by atoms with Crippen LogP contribution in [0.5, 0.6) is 0 Å². The zero-order valence-electron chi connectivity index (χ0n) is 10.7. The Morgan fingerprint density at radius 2 is 1.04 bits per heavy atom. The van der Waals surface area contributed by atoms with Crippen molar-refractivity contribution in [2.24, 2.45) is 0 Å². The van der Waals surface area contributed by atoms with Crippen molar-refractivity contribution in [3.8, 4) is 0 Å². The fraction of sp³-hybridized carbons (Fsp3) is 0.850. The molecule has 0 unspecified atom stereocenters. The summed E-state index contributed by atoms with van der Waals surface area (Å²) in [5.74, 6) is 0. The van der Waals surface area contributed by atoms with Crippen LogP contribution in [0.2, 0.25) is 0 Å². The Bertz CT molecular complexity index is 143. The molecule has 0 aliphatic carbocycles. The number of alkyl halides is 2. The van der Waals surface area contributed by atoms with Crippen molar-refractivity contribution < 1.29 is 50.6 Å². The quantitative estimate of drug-likeness (QED) is 0.299. The van der Waals surface area contributed by atoms with Gasteiger partial charge in [0.1, 0.15) is 0 Å². The molecule has 0 N–H and O–H groups in total. The van der Waals surface area contributed by atoms with E-state index < -0.39 is 6.11 Å². The number of hydrogen-bond donors (Lipinski definition) is 0. The van der Waals surface area contributed by atoms with Crippen LogP contribution in [0.15, 0.2) is 12.2 Å². The topological polar surface area (TPSA) is 9.23 Å². The van der Waals surface area contributed by atoms with Crippen LogP contribution in [0, 0.1) is 7.18 Å². The Balaban J connectivity index is -0.00000000715. The van der Waals surface area contributed by atoms with Gasteiger partial charge in [-0.15, -0.1) is 0 Å². The molecule has 0 rings (SSSR count). The first-order valence-electron chi connectivity index (χ1n) is 4.78. The van der Waals surface area contributed by atoms with Crippen molar-refractivity contribution in [2.45, 2.75) is 113 Å². The predicted molar refractivity (Wildman–Crippen MR) is 119 cm³/mol. The zero-order valence-corrected chi connectivity index (χ0v) is 13.5. The summed E-state index contributed by atoms with van der Waals surface area (Å²) in [6, 6.07) is 0. The number of rotatable bonds is 4. The molecule has 0 fully saturated rings. The molecule has 0 heterocycles. The van der Waals surface area contributed by atoms with Gasteiger partial charge in [-0.2, -0.15) is 16.0 Å². The number of halogens is 3. The molecule has 0 aromatic heterocycles. The maximum atomic E-state index is 12.0. The van der Waals surface area contributed by atoms with Crippen molar-refractivity contribution in [3.05, 3.63) is 19.3 Å². The van der Waals surface area contributed by atoms with Gasteiger partial charge in [-0.25, -0.2) is 0 Å². The minimum absolute atomic E-state index is 0. The van der Waals surface area contributed by atoms with Crippen LogP contribution >= 0.6 is 0 Å². The minimum atomic E-state index is -3.15. The van der Waals surface area contributed by atoms with E-state index in [0.717, 1.165) is 7.11 Å². The summed E-state index contributed by atoms with van der Waals surface area (Å²) in [4.78, 5) is 0. The third-order valence-electron chi connectivity index (χ3n) is 1.46. The SMILES string of the molecule is C.C.C.C.C.C.C.C.C.C=C(C)C(F)(F)OC.CCCCC.[CH2-]F.[Y]. The monoisotopic (exact) mass is 460 g/mol. The molecule has 25 heavy (non-hydrogen) atoms. The largest absolute Gasteiger partial charge is 0.463 e. The Hall–Kier alpha value is 0.594. The van der Waals surface area contributed by atoms with Gasteiger partial charge in [-0.1, -0.05) is 107 Å². The maximum Gasteiger partial charge on any atom is 0.378 e. The van der Waals surface area contributed by atoms with Gasteiger partial charge in [0.15, 0.2) is 0 Å². The van der Waals surface area contributed by atoms with E-state index in [0.29, 0.717) is 0 Å². The molecule has 1 radical (unpaired) electrons. The van der Waals surface area contributed by atoms with Crippen molar-refractivity contribution in [1.29, 1.82) is 0 Å². The molecule has 5 heteroatoms. The average molecular weight is 461 g/mol. The van der Waals surface area contributed by atoms with Crippen LogP contribution in [-0.4, -0.2) is 13.2 Å². The van der Waals surface area contributed by atoms with Gasteiger partial charge in [-0.05, 0) is 6.92 Å². The molecule has 0 aromatic carbocycles. The van der Waals surface area contributed by atoms with E-state index in [1.807, 2.05) is 0 Å². The summed E-state index contributed by atoms with van der Waals surface area (Å²) in [6.45, 7) is 8.66. The van der Waals surface area contributed by atoms with Crippen molar-refractivity contribution in [3.63, 3.8) is 0 Å². The molecule has 0 saturated carbocycles. The van der Waals surface area contributed by atoms with E-state index >= 15 is 0 Å². The van der Waals surface area contributed by atoms with E-state index in [9.17, 15) is 13.2 Å². The fourth-order valence-corrected chi connectivity index (χ4v) is 0.528. The molecule has 0 spiro atoms. The molecule has 1 nitrogen and oxygen atoms in total. The summed E-state index contributed by atoms with van der Waals surface area (Å²) in [7, 11) is 2.69. The second-order valence-electron chi connectivity index (χ2n) is 2.85. The molecule has 0 aromatic rings. The van der Waals surface area contributed by atoms with Crippen molar-refractivity contribution in [1.82, 2.24) is 0 Å². The maximum absolute atomic E-state index is 12.0. The third kappa shape index (κ3) is 93.4. The Morgan fingerprint density at radius 1 is 0.840 bits per heavy atom. The first-order valence-corrected chi connectivity index (χ1v) is 4.78. The van der Waals surface area contributed by atoms with Gasteiger partial charge in [0.25, 0.3) is 0 Å². The average Bonchev–Trinajstić information content (AvgIpc) is 2.23. The Kier molecular flexibility index (Phi) is 289. The molecule has 0 saturated heterocycles. The van der Waals surface area contributed by atoms with Crippen LogP contribution in [0.3, 0.4) is 0 Å². The van der Waals surface area contributed by atoms with E-state index in [2.05, 4.69) is 25.2 Å². The summed E-state index contributed by atoms with van der Waals surface area (Å²) < 4.78 is 36.9. The Labute approximate surface area is 189 Å². The van der Waals surface area contributed by atoms with Crippen LogP contribution in [0.4, 0.5) is 13.2 Å². The van der Waals surface area contributed by atoms with Crippen LogP contribution < -0.4 is 0 Å². The number of hydrogen-bond acceptors (Lipinski definition) is 1. The molecule has 0 bridgehead atoms. The van der Waals surface area contributed by atoms with Gasteiger partial charge in [0.05, 0.1) is 0 Å². The minimum Gasteiger partial charge on any atom is -0.463 e. The Morgan fingerprint density at radius 3 is 1.04 bits per heavy atom. The molecule has 169 valence electrons. The summed E-state index contributed by atoms with van der Waals surface area (Å²) in [5, 5.41) is 0. The van der Waals surface area contributed by atoms with Crippen LogP contribution in [0.25, 0.3) is 0 Å². The molecule has 0 amide bonds. The van der Waals surface area contributed by atoms with Crippen molar-refractivity contribution in [2.75, 3.05) is 7.11 Å². The molecular weight excluding hydrogens is 402 g/mol. The van der Waals surface area contributed by atoms with E-state index in [4.69, 9.17) is 0 Å². The number of unbranched alkanes of at least 4 members (excludes halogenated alkanes) is 2. The van der Waals surface area contributed by atoms with E-state index in [-0.39, 0.29) is 105 Å². The molecular formula is C20H58F3OY-. The van der Waals surface area contributed by atoms with Gasteiger partial charge in [0.2, 0.25) is 0 Å². The number of methoxy groups -OCH3 is 1. The normalized spacial score (nSPS) is 5.60. The first kappa shape index (κ1) is 97.6. The van der Waals surface area contributed by atoms with Gasteiger partial charge < -0.3 is 9.13 Å². The van der Waals surface area contributed by atoms with Crippen LogP contribution in [-0.2, 0) is 37.4 Å². The standard InChI is InChI=1S/C5H8F2O.C5H12.CH2F.9CH4.Y/c1-4(2)5(6,7)8-3;1-3-5-4-2;1-2;;;;;;;;;;/h1H2,2-3H3;3-5H2,1-2H3;1H2;9*1H4;/q;;-1;;;;;;;;;;. The molecule has 0 atom stereocenters. The second-order valence-corrected chi connectivity index (χ2v) is 2.85. The van der Waals surface area contributed by atoms with Crippen molar-refractivity contribution >= 4 is 0 Å². The zero-order chi connectivity index (χ0) is 12.9.